The summed E-state index contributed by atoms with van der Waals surface area (Å²) in [6.45, 7) is 3.78. The molecule has 1 heterocycles. The average Bonchev–Trinajstić information content (AvgIpc) is 2.89. The molecule has 1 saturated heterocycles. The molecule has 0 spiro atoms. The van der Waals surface area contributed by atoms with E-state index in [-0.39, 0.29) is 4.91 Å². The molecule has 0 unspecified atom stereocenters. The van der Waals surface area contributed by atoms with Gasteiger partial charge in [-0.2, -0.15) is 0 Å². The first-order valence-electron chi connectivity index (χ1n) is 7.69. The lowest BCUT2D eigenvalue weighted by atomic mass is 10.1. The van der Waals surface area contributed by atoms with Gasteiger partial charge in [-0.15, -0.1) is 0 Å². The Morgan fingerprint density at radius 1 is 1.31 bits per heavy atom. The Kier molecular flexibility index (Phi) is 6.71. The van der Waals surface area contributed by atoms with E-state index < -0.39 is 23.2 Å². The molecular weight excluding hydrogens is 426 g/mol. The molecule has 2 rings (SSSR count). The van der Waals surface area contributed by atoms with E-state index in [9.17, 15) is 14.4 Å². The van der Waals surface area contributed by atoms with Gasteiger partial charge in [0.25, 0.3) is 11.1 Å². The molecule has 0 saturated carbocycles. The first kappa shape index (κ1) is 20.3. The van der Waals surface area contributed by atoms with Crippen LogP contribution in [0.4, 0.5) is 4.79 Å². The van der Waals surface area contributed by atoms with Gasteiger partial charge < -0.3 is 14.2 Å². The predicted octanol–water partition coefficient (Wildman–Crippen LogP) is 3.45. The van der Waals surface area contributed by atoms with Crippen molar-refractivity contribution in [3.05, 3.63) is 27.1 Å². The lowest BCUT2D eigenvalue weighted by molar-refractivity contribution is -0.148. The van der Waals surface area contributed by atoms with Crippen LogP contribution in [0.3, 0.4) is 0 Å². The van der Waals surface area contributed by atoms with Crippen LogP contribution in [0.25, 0.3) is 6.08 Å². The van der Waals surface area contributed by atoms with Gasteiger partial charge in [0.1, 0.15) is 6.04 Å². The van der Waals surface area contributed by atoms with E-state index in [0.717, 1.165) is 16.7 Å². The van der Waals surface area contributed by atoms with Crippen molar-refractivity contribution >= 4 is 50.9 Å². The molecule has 0 radical (unpaired) electrons. The van der Waals surface area contributed by atoms with Gasteiger partial charge in [0.05, 0.1) is 25.7 Å². The second-order valence-corrected chi connectivity index (χ2v) is 7.06. The lowest BCUT2D eigenvalue weighted by Crippen LogP contribution is -2.42. The van der Waals surface area contributed by atoms with Crippen molar-refractivity contribution in [2.75, 3.05) is 20.8 Å². The third-order valence-electron chi connectivity index (χ3n) is 3.62. The zero-order valence-corrected chi connectivity index (χ0v) is 17.1. The number of esters is 1. The normalized spacial score (nSPS) is 16.8. The summed E-state index contributed by atoms with van der Waals surface area (Å²) in [5, 5.41) is -0.520. The Hall–Kier alpha value is -2.00. The molecule has 1 aromatic carbocycles. The van der Waals surface area contributed by atoms with Gasteiger partial charge in [-0.25, -0.2) is 4.79 Å². The largest absolute Gasteiger partial charge is 0.493 e. The summed E-state index contributed by atoms with van der Waals surface area (Å²) in [5.74, 6) is -0.134. The summed E-state index contributed by atoms with van der Waals surface area (Å²) >= 11 is 4.20. The molecule has 0 aromatic heterocycles. The number of hydrogen-bond donors (Lipinski definition) is 0. The number of ether oxygens (including phenoxy) is 3. The summed E-state index contributed by atoms with van der Waals surface area (Å²) in [6.07, 6.45) is 1.57. The molecule has 1 aliphatic heterocycles. The van der Waals surface area contributed by atoms with Gasteiger partial charge in [0.2, 0.25) is 0 Å². The predicted molar refractivity (Wildman–Crippen MR) is 101 cm³/mol. The van der Waals surface area contributed by atoms with Crippen LogP contribution in [0.1, 0.15) is 19.4 Å². The Bertz CT molecular complexity index is 779. The number of nitrogens with zero attached hydrogens (tertiary/aromatic N) is 1. The van der Waals surface area contributed by atoms with Crippen LogP contribution >= 0.6 is 27.7 Å². The molecule has 0 aliphatic carbocycles. The fourth-order valence-corrected chi connectivity index (χ4v) is 3.66. The monoisotopic (exact) mass is 443 g/mol. The average molecular weight is 444 g/mol. The highest BCUT2D eigenvalue weighted by Gasteiger charge is 2.41. The van der Waals surface area contributed by atoms with E-state index in [0.29, 0.717) is 28.1 Å². The summed E-state index contributed by atoms with van der Waals surface area (Å²) < 4.78 is 16.1. The van der Waals surface area contributed by atoms with Gasteiger partial charge in [0, 0.05) is 4.47 Å². The zero-order chi connectivity index (χ0) is 19.4. The van der Waals surface area contributed by atoms with Crippen molar-refractivity contribution in [1.82, 2.24) is 4.90 Å². The van der Waals surface area contributed by atoms with Crippen molar-refractivity contribution in [3.8, 4) is 11.5 Å². The topological polar surface area (TPSA) is 82.1 Å². The fraction of sp³-hybridized carbons (Fsp3) is 0.353. The standard InChI is InChI=1S/C17H18BrNO6S/c1-5-25-13-8-11(18)10(6-12(13)23-3)7-14-15(20)19(17(22)26-14)9(2)16(21)24-4/h6-9H,5H2,1-4H3/b14-7+/t9-/m0/s1. The van der Waals surface area contributed by atoms with Crippen molar-refractivity contribution in [1.29, 1.82) is 0 Å². The minimum Gasteiger partial charge on any atom is -0.493 e. The number of carbonyl (C=O) groups is 3. The molecule has 1 aliphatic rings. The van der Waals surface area contributed by atoms with Gasteiger partial charge in [0.15, 0.2) is 11.5 Å². The Balaban J connectivity index is 2.37. The van der Waals surface area contributed by atoms with E-state index in [1.807, 2.05) is 6.92 Å². The third kappa shape index (κ3) is 4.04. The van der Waals surface area contributed by atoms with Gasteiger partial charge in [-0.05, 0) is 49.4 Å². The Labute approximate surface area is 163 Å². The molecule has 26 heavy (non-hydrogen) atoms. The molecule has 140 valence electrons. The number of rotatable bonds is 6. The van der Waals surface area contributed by atoms with E-state index >= 15 is 0 Å². The molecule has 1 atom stereocenters. The van der Waals surface area contributed by atoms with E-state index in [1.54, 1.807) is 18.2 Å². The van der Waals surface area contributed by atoms with Crippen molar-refractivity contribution in [2.45, 2.75) is 19.9 Å². The van der Waals surface area contributed by atoms with Crippen LogP contribution in [0.15, 0.2) is 21.5 Å². The lowest BCUT2D eigenvalue weighted by Gasteiger charge is -2.18. The highest BCUT2D eigenvalue weighted by molar-refractivity contribution is 9.10. The second-order valence-electron chi connectivity index (χ2n) is 5.21. The maximum Gasteiger partial charge on any atom is 0.328 e. The summed E-state index contributed by atoms with van der Waals surface area (Å²) in [6, 6.07) is 2.44. The van der Waals surface area contributed by atoms with Crippen LogP contribution in [0.5, 0.6) is 11.5 Å². The van der Waals surface area contributed by atoms with Crippen LogP contribution in [-0.4, -0.2) is 48.9 Å². The maximum atomic E-state index is 12.6. The second kappa shape index (κ2) is 8.59. The first-order valence-corrected chi connectivity index (χ1v) is 9.30. The summed E-state index contributed by atoms with van der Waals surface area (Å²) in [7, 11) is 2.72. The molecule has 9 heteroatoms. The van der Waals surface area contributed by atoms with E-state index in [2.05, 4.69) is 20.7 Å². The quantitative estimate of drug-likeness (QED) is 0.491. The number of halogens is 1. The third-order valence-corrected chi connectivity index (χ3v) is 5.19. The minimum atomic E-state index is -0.989. The van der Waals surface area contributed by atoms with E-state index in [4.69, 9.17) is 9.47 Å². The molecule has 0 bridgehead atoms. The highest BCUT2D eigenvalue weighted by atomic mass is 79.9. The molecule has 2 amide bonds. The van der Waals surface area contributed by atoms with Gasteiger partial charge >= 0.3 is 5.97 Å². The number of hydrogen-bond acceptors (Lipinski definition) is 7. The molecule has 1 fully saturated rings. The molecule has 1 aromatic rings. The van der Waals surface area contributed by atoms with Crippen LogP contribution in [0, 0.1) is 0 Å². The molecule has 0 N–H and O–H groups in total. The number of methoxy groups -OCH3 is 2. The molecular formula is C17H18BrNO6S. The first-order chi connectivity index (χ1) is 12.3. The SMILES string of the molecule is CCOc1cc(Br)c(/C=C2/SC(=O)N([C@@H](C)C(=O)OC)C2=O)cc1OC. The van der Waals surface area contributed by atoms with Crippen molar-refractivity contribution < 1.29 is 28.6 Å². The maximum absolute atomic E-state index is 12.6. The van der Waals surface area contributed by atoms with E-state index in [1.165, 1.54) is 21.1 Å². The zero-order valence-electron chi connectivity index (χ0n) is 14.7. The van der Waals surface area contributed by atoms with Crippen molar-refractivity contribution in [2.24, 2.45) is 0 Å². The Morgan fingerprint density at radius 3 is 2.58 bits per heavy atom. The Morgan fingerprint density at radius 2 is 2.00 bits per heavy atom. The number of carbonyl (C=O) groups excluding carboxylic acids is 3. The minimum absolute atomic E-state index is 0.206. The fourth-order valence-electron chi connectivity index (χ4n) is 2.32. The van der Waals surface area contributed by atoms with Crippen LogP contribution in [-0.2, 0) is 14.3 Å². The van der Waals surface area contributed by atoms with Gasteiger partial charge in [-0.3, -0.25) is 14.5 Å². The van der Waals surface area contributed by atoms with Crippen LogP contribution < -0.4 is 9.47 Å². The van der Waals surface area contributed by atoms with Crippen LogP contribution in [0.2, 0.25) is 0 Å². The number of imide groups is 1. The van der Waals surface area contributed by atoms with Gasteiger partial charge in [-0.1, -0.05) is 15.9 Å². The van der Waals surface area contributed by atoms with Crippen molar-refractivity contribution in [3.63, 3.8) is 0 Å². The molecule has 7 nitrogen and oxygen atoms in total. The number of benzene rings is 1. The summed E-state index contributed by atoms with van der Waals surface area (Å²) in [5.41, 5.74) is 0.640. The summed E-state index contributed by atoms with van der Waals surface area (Å²) in [4.78, 5) is 37.5. The smallest absolute Gasteiger partial charge is 0.328 e. The number of thioether (sulfide) groups is 1. The number of amides is 2. The highest BCUT2D eigenvalue weighted by Crippen LogP contribution is 2.38.